The van der Waals surface area contributed by atoms with Gasteiger partial charge in [-0.05, 0) is 29.8 Å². The number of nitrogens with zero attached hydrogens (tertiary/aromatic N) is 2. The van der Waals surface area contributed by atoms with E-state index in [-0.39, 0.29) is 24.4 Å². The summed E-state index contributed by atoms with van der Waals surface area (Å²) < 4.78 is 85.7. The van der Waals surface area contributed by atoms with Crippen molar-refractivity contribution in [1.82, 2.24) is 14.5 Å². The molecule has 14 heteroatoms. The van der Waals surface area contributed by atoms with Crippen LogP contribution in [0.5, 0.6) is 0 Å². The fourth-order valence-electron chi connectivity index (χ4n) is 3.14. The molecule has 0 radical (unpaired) electrons. The lowest BCUT2D eigenvalue weighted by Crippen LogP contribution is -2.48. The van der Waals surface area contributed by atoms with Crippen molar-refractivity contribution in [3.05, 3.63) is 71.3 Å². The molecule has 1 heterocycles. The first-order valence-electron chi connectivity index (χ1n) is 10.6. The van der Waals surface area contributed by atoms with Gasteiger partial charge in [-0.25, -0.2) is 22.0 Å². The van der Waals surface area contributed by atoms with Gasteiger partial charge < -0.3 is 15.3 Å². The molecule has 198 valence electrons. The molecule has 0 atom stereocenters. The van der Waals surface area contributed by atoms with E-state index in [1.54, 1.807) is 6.07 Å². The number of hydrogen-bond donors (Lipinski definition) is 2. The second kappa shape index (κ2) is 12.7. The molecular formula is C22H24F5N3O5S. The minimum atomic E-state index is -5.08. The molecule has 0 aromatic heterocycles. The van der Waals surface area contributed by atoms with Gasteiger partial charge in [-0.2, -0.15) is 17.5 Å². The van der Waals surface area contributed by atoms with E-state index >= 15 is 0 Å². The third-order valence-corrected chi connectivity index (χ3v) is 6.86. The second-order valence-corrected chi connectivity index (χ2v) is 9.69. The minimum absolute atomic E-state index is 0.0462. The average molecular weight is 538 g/mol. The molecule has 2 aromatic carbocycles. The van der Waals surface area contributed by atoms with Crippen LogP contribution < -0.4 is 5.32 Å². The zero-order valence-corrected chi connectivity index (χ0v) is 19.7. The molecule has 1 amide bonds. The Hall–Kier alpha value is -3.10. The maximum atomic E-state index is 14.1. The summed E-state index contributed by atoms with van der Waals surface area (Å²) in [5.41, 5.74) is 0.491. The van der Waals surface area contributed by atoms with Crippen LogP contribution in [0.3, 0.4) is 0 Å². The van der Waals surface area contributed by atoms with Crippen LogP contribution in [0.15, 0.2) is 48.5 Å². The summed E-state index contributed by atoms with van der Waals surface area (Å²) in [7, 11) is -3.56. The van der Waals surface area contributed by atoms with Gasteiger partial charge in [0.2, 0.25) is 10.0 Å². The summed E-state index contributed by atoms with van der Waals surface area (Å²) in [4.78, 5) is 23.1. The summed E-state index contributed by atoms with van der Waals surface area (Å²) >= 11 is 0. The molecule has 2 N–H and O–H groups in total. The highest BCUT2D eigenvalue weighted by atomic mass is 32.2. The topological polar surface area (TPSA) is 107 Å². The molecule has 1 aliphatic rings. The van der Waals surface area contributed by atoms with Gasteiger partial charge in [0.25, 0.3) is 5.91 Å². The van der Waals surface area contributed by atoms with Crippen molar-refractivity contribution in [2.45, 2.75) is 12.7 Å². The van der Waals surface area contributed by atoms with Crippen molar-refractivity contribution >= 4 is 21.9 Å². The molecular weight excluding hydrogens is 513 g/mol. The summed E-state index contributed by atoms with van der Waals surface area (Å²) in [5, 5.41) is 10.2. The molecule has 0 spiro atoms. The molecule has 0 aliphatic carbocycles. The number of piperazine rings is 1. The quantitative estimate of drug-likeness (QED) is 0.526. The van der Waals surface area contributed by atoms with Crippen LogP contribution >= 0.6 is 0 Å². The lowest BCUT2D eigenvalue weighted by atomic mass is 10.1. The Bertz CT molecular complexity index is 1140. The van der Waals surface area contributed by atoms with Gasteiger partial charge in [-0.3, -0.25) is 4.79 Å². The molecule has 0 unspecified atom stereocenters. The summed E-state index contributed by atoms with van der Waals surface area (Å²) in [6.07, 6.45) is -5.08. The van der Waals surface area contributed by atoms with Crippen molar-refractivity contribution in [3.8, 4) is 0 Å². The first-order chi connectivity index (χ1) is 16.8. The van der Waals surface area contributed by atoms with E-state index in [0.717, 1.165) is 0 Å². The third kappa shape index (κ3) is 8.84. The zero-order valence-electron chi connectivity index (χ0n) is 18.8. The molecule has 2 aromatic rings. The van der Waals surface area contributed by atoms with Gasteiger partial charge in [-0.15, -0.1) is 0 Å². The van der Waals surface area contributed by atoms with Crippen molar-refractivity contribution in [2.24, 2.45) is 0 Å². The number of carboxylic acid groups (broad SMARTS) is 1. The first kappa shape index (κ1) is 29.1. The van der Waals surface area contributed by atoms with Gasteiger partial charge in [0.15, 0.2) is 0 Å². The summed E-state index contributed by atoms with van der Waals surface area (Å²) in [5.74, 6) is -4.72. The van der Waals surface area contributed by atoms with Gasteiger partial charge in [0, 0.05) is 39.3 Å². The predicted octanol–water partition coefficient (Wildman–Crippen LogP) is 2.48. The predicted molar refractivity (Wildman–Crippen MR) is 119 cm³/mol. The van der Waals surface area contributed by atoms with Crippen molar-refractivity contribution in [2.75, 3.05) is 38.5 Å². The van der Waals surface area contributed by atoms with Gasteiger partial charge in [-0.1, -0.05) is 24.3 Å². The number of aliphatic carboxylic acids is 1. The van der Waals surface area contributed by atoms with Crippen LogP contribution in [-0.2, 0) is 21.4 Å². The van der Waals surface area contributed by atoms with E-state index in [9.17, 15) is 35.2 Å². The number of alkyl halides is 3. The Morgan fingerprint density at radius 2 is 1.56 bits per heavy atom. The summed E-state index contributed by atoms with van der Waals surface area (Å²) in [6, 6.07) is 11.1. The normalized spacial score (nSPS) is 14.5. The van der Waals surface area contributed by atoms with Crippen LogP contribution in [0.25, 0.3) is 0 Å². The highest BCUT2D eigenvalue weighted by molar-refractivity contribution is 7.89. The van der Waals surface area contributed by atoms with Crippen LogP contribution in [-0.4, -0.2) is 79.3 Å². The molecule has 0 saturated carbocycles. The number of benzene rings is 2. The van der Waals surface area contributed by atoms with E-state index < -0.39 is 39.7 Å². The highest BCUT2D eigenvalue weighted by Crippen LogP contribution is 2.15. The SMILES string of the molecule is O=C(O)C(F)(F)F.O=C(c1ccccc1F)N(CCS(=O)(=O)N1CCNCC1)Cc1ccc(F)cc1. The Kier molecular flexibility index (Phi) is 10.3. The van der Waals surface area contributed by atoms with Crippen molar-refractivity contribution in [1.29, 1.82) is 0 Å². The maximum Gasteiger partial charge on any atom is 0.490 e. The van der Waals surface area contributed by atoms with E-state index in [1.165, 1.54) is 51.7 Å². The van der Waals surface area contributed by atoms with Crippen molar-refractivity contribution in [3.63, 3.8) is 0 Å². The molecule has 1 aliphatic heterocycles. The Morgan fingerprint density at radius 3 is 2.08 bits per heavy atom. The van der Waals surface area contributed by atoms with E-state index in [2.05, 4.69) is 5.32 Å². The number of carboxylic acids is 1. The Balaban J connectivity index is 0.000000572. The number of sulfonamides is 1. The number of nitrogens with one attached hydrogen (secondary N) is 1. The number of hydrogen-bond acceptors (Lipinski definition) is 5. The Morgan fingerprint density at radius 1 is 1.00 bits per heavy atom. The van der Waals surface area contributed by atoms with E-state index in [4.69, 9.17) is 9.90 Å². The number of carbonyl (C=O) groups excluding carboxylic acids is 1. The van der Waals surface area contributed by atoms with E-state index in [1.807, 2.05) is 0 Å². The van der Waals surface area contributed by atoms with E-state index in [0.29, 0.717) is 31.7 Å². The number of carbonyl (C=O) groups is 2. The lowest BCUT2D eigenvalue weighted by Gasteiger charge is -2.28. The number of rotatable bonds is 7. The van der Waals surface area contributed by atoms with Gasteiger partial charge in [0.05, 0.1) is 11.3 Å². The van der Waals surface area contributed by atoms with Crippen molar-refractivity contribution < 1.29 is 45.1 Å². The molecule has 36 heavy (non-hydrogen) atoms. The standard InChI is InChI=1S/C20H23F2N3O3S.C2HF3O2/c21-17-7-5-16(6-8-17)15-24(20(26)18-3-1-2-4-19(18)22)13-14-29(27,28)25-11-9-23-10-12-25;3-2(4,5)1(6)7/h1-8,23H,9-15H2;(H,6,7). The number of amides is 1. The molecule has 1 fully saturated rings. The summed E-state index contributed by atoms with van der Waals surface area (Å²) in [6.45, 7) is 1.85. The third-order valence-electron chi connectivity index (χ3n) is 5.01. The smallest absolute Gasteiger partial charge is 0.475 e. The monoisotopic (exact) mass is 537 g/mol. The Labute approximate surface area is 204 Å². The van der Waals surface area contributed by atoms with Crippen LogP contribution in [0.1, 0.15) is 15.9 Å². The van der Waals surface area contributed by atoms with Gasteiger partial charge in [0.1, 0.15) is 11.6 Å². The average Bonchev–Trinajstić information content (AvgIpc) is 2.83. The molecule has 8 nitrogen and oxygen atoms in total. The highest BCUT2D eigenvalue weighted by Gasteiger charge is 2.38. The molecule has 1 saturated heterocycles. The van der Waals surface area contributed by atoms with Crippen LogP contribution in [0, 0.1) is 11.6 Å². The van der Waals surface area contributed by atoms with Crippen LogP contribution in [0.4, 0.5) is 22.0 Å². The number of halogens is 5. The lowest BCUT2D eigenvalue weighted by molar-refractivity contribution is -0.192. The molecule has 3 rings (SSSR count). The second-order valence-electron chi connectivity index (χ2n) is 7.60. The fourth-order valence-corrected chi connectivity index (χ4v) is 4.59. The fraction of sp³-hybridized carbons (Fsp3) is 0.364. The van der Waals surface area contributed by atoms with Gasteiger partial charge >= 0.3 is 12.1 Å². The molecule has 0 bridgehead atoms. The minimum Gasteiger partial charge on any atom is -0.475 e. The maximum absolute atomic E-state index is 14.1. The largest absolute Gasteiger partial charge is 0.490 e. The zero-order chi connectivity index (χ0) is 26.9. The first-order valence-corrected chi connectivity index (χ1v) is 12.2. The van der Waals surface area contributed by atoms with Crippen LogP contribution in [0.2, 0.25) is 0 Å².